The predicted octanol–water partition coefficient (Wildman–Crippen LogP) is 2.76. The molecule has 0 radical (unpaired) electrons. The van der Waals surface area contributed by atoms with E-state index in [1.54, 1.807) is 0 Å². The molecule has 1 unspecified atom stereocenters. The van der Waals surface area contributed by atoms with Gasteiger partial charge in [-0.3, -0.25) is 0 Å². The van der Waals surface area contributed by atoms with Gasteiger partial charge in [0.25, 0.3) is 0 Å². The molecule has 0 saturated heterocycles. The van der Waals surface area contributed by atoms with Crippen LogP contribution in [0.4, 0.5) is 0 Å². The van der Waals surface area contributed by atoms with Crippen molar-refractivity contribution in [2.75, 3.05) is 6.26 Å². The second-order valence-corrected chi connectivity index (χ2v) is 8.44. The summed E-state index contributed by atoms with van der Waals surface area (Å²) in [6.45, 7) is 0. The molecule has 116 valence electrons. The van der Waals surface area contributed by atoms with E-state index >= 15 is 0 Å². The number of hydrogen-bond acceptors (Lipinski definition) is 3. The van der Waals surface area contributed by atoms with E-state index in [-0.39, 0.29) is 5.92 Å². The molecule has 1 atom stereocenters. The molecule has 1 N–H and O–H groups in total. The quantitative estimate of drug-likeness (QED) is 0.923. The zero-order valence-electron chi connectivity index (χ0n) is 12.5. The van der Waals surface area contributed by atoms with Crippen LogP contribution in [0.25, 0.3) is 0 Å². The molecule has 22 heavy (non-hydrogen) atoms. The molecule has 3 nitrogen and oxygen atoms in total. The molecule has 0 amide bonds. The van der Waals surface area contributed by atoms with E-state index in [0.717, 1.165) is 11.1 Å². The van der Waals surface area contributed by atoms with Crippen LogP contribution < -0.4 is 0 Å². The number of aliphatic hydroxyl groups is 1. The van der Waals surface area contributed by atoms with Crippen LogP contribution in [0.1, 0.15) is 29.9 Å². The Hall–Kier alpha value is -1.65. The highest BCUT2D eigenvalue weighted by atomic mass is 32.2. The second kappa shape index (κ2) is 5.52. The number of aliphatic hydroxyl groups excluding tert-OH is 1. The smallest absolute Gasteiger partial charge is 0.155 e. The fraction of sp³-hybridized carbons (Fsp3) is 0.333. The second-order valence-electron chi connectivity index (χ2n) is 6.08. The summed E-state index contributed by atoms with van der Waals surface area (Å²) in [5, 5.41) is 11.0. The van der Waals surface area contributed by atoms with Crippen LogP contribution in [-0.4, -0.2) is 30.6 Å². The zero-order valence-corrected chi connectivity index (χ0v) is 13.3. The standard InChI is InChI=1S/C18H20O3S/c1-22(20,21)18(12-13-18)17(19)16(14-8-4-2-5-9-14)15-10-6-3-7-11-15/h2-11,16-17,19H,12-13H2,1H3. The molecule has 2 aromatic carbocycles. The van der Waals surface area contributed by atoms with Crippen molar-refractivity contribution in [1.82, 2.24) is 0 Å². The summed E-state index contributed by atoms with van der Waals surface area (Å²) >= 11 is 0. The third-order valence-electron chi connectivity index (χ3n) is 4.65. The normalized spacial score (nSPS) is 18.1. The van der Waals surface area contributed by atoms with E-state index in [0.29, 0.717) is 12.8 Å². The van der Waals surface area contributed by atoms with Crippen LogP contribution in [0.2, 0.25) is 0 Å². The molecular weight excluding hydrogens is 296 g/mol. The van der Waals surface area contributed by atoms with E-state index in [1.807, 2.05) is 60.7 Å². The molecule has 0 spiro atoms. The van der Waals surface area contributed by atoms with Gasteiger partial charge in [-0.25, -0.2) is 8.42 Å². The highest BCUT2D eigenvalue weighted by Gasteiger charge is 2.59. The van der Waals surface area contributed by atoms with Crippen molar-refractivity contribution >= 4 is 9.84 Å². The Bertz CT molecular complexity index is 695. The van der Waals surface area contributed by atoms with Gasteiger partial charge >= 0.3 is 0 Å². The van der Waals surface area contributed by atoms with E-state index in [2.05, 4.69) is 0 Å². The van der Waals surface area contributed by atoms with Gasteiger partial charge in [0.05, 0.1) is 10.9 Å². The molecule has 1 aliphatic rings. The van der Waals surface area contributed by atoms with Gasteiger partial charge in [-0.1, -0.05) is 60.7 Å². The Labute approximate surface area is 131 Å². The lowest BCUT2D eigenvalue weighted by Gasteiger charge is -2.30. The molecule has 2 aromatic rings. The molecule has 1 saturated carbocycles. The summed E-state index contributed by atoms with van der Waals surface area (Å²) in [6, 6.07) is 19.3. The lowest BCUT2D eigenvalue weighted by molar-refractivity contribution is 0.142. The molecule has 0 aromatic heterocycles. The summed E-state index contributed by atoms with van der Waals surface area (Å²) in [7, 11) is -3.30. The summed E-state index contributed by atoms with van der Waals surface area (Å²) in [4.78, 5) is 0. The highest BCUT2D eigenvalue weighted by Crippen LogP contribution is 2.51. The van der Waals surface area contributed by atoms with Crippen molar-refractivity contribution < 1.29 is 13.5 Å². The minimum absolute atomic E-state index is 0.334. The SMILES string of the molecule is CS(=O)(=O)C1(C(O)C(c2ccccc2)c2ccccc2)CC1. The first-order chi connectivity index (χ1) is 10.5. The molecule has 0 heterocycles. The van der Waals surface area contributed by atoms with Crippen LogP contribution in [0.3, 0.4) is 0 Å². The maximum absolute atomic E-state index is 12.2. The Balaban J connectivity index is 2.08. The number of sulfone groups is 1. The topological polar surface area (TPSA) is 54.4 Å². The van der Waals surface area contributed by atoms with E-state index < -0.39 is 20.7 Å². The third-order valence-corrected chi connectivity index (χ3v) is 6.78. The summed E-state index contributed by atoms with van der Waals surface area (Å²) < 4.78 is 23.3. The van der Waals surface area contributed by atoms with Gasteiger partial charge in [-0.2, -0.15) is 0 Å². The first kappa shape index (κ1) is 15.3. The van der Waals surface area contributed by atoms with Gasteiger partial charge in [0, 0.05) is 12.2 Å². The predicted molar refractivity (Wildman–Crippen MR) is 87.5 cm³/mol. The van der Waals surface area contributed by atoms with Gasteiger partial charge < -0.3 is 5.11 Å². The van der Waals surface area contributed by atoms with Crippen molar-refractivity contribution in [1.29, 1.82) is 0 Å². The minimum Gasteiger partial charge on any atom is -0.390 e. The average molecular weight is 316 g/mol. The van der Waals surface area contributed by atoms with Gasteiger partial charge in [-0.05, 0) is 24.0 Å². The molecular formula is C18H20O3S. The Kier molecular flexibility index (Phi) is 3.83. The average Bonchev–Trinajstić information content (AvgIpc) is 3.31. The summed E-state index contributed by atoms with van der Waals surface area (Å²) in [6.07, 6.45) is 1.36. The molecule has 0 bridgehead atoms. The van der Waals surface area contributed by atoms with Crippen molar-refractivity contribution in [3.8, 4) is 0 Å². The van der Waals surface area contributed by atoms with Crippen molar-refractivity contribution in [3.05, 3.63) is 71.8 Å². The fourth-order valence-electron chi connectivity index (χ4n) is 3.19. The first-order valence-corrected chi connectivity index (χ1v) is 9.32. The summed E-state index contributed by atoms with van der Waals surface area (Å²) in [5.74, 6) is -0.334. The molecule has 1 fully saturated rings. The lowest BCUT2D eigenvalue weighted by Crippen LogP contribution is -2.40. The fourth-order valence-corrected chi connectivity index (χ4v) is 4.61. The number of hydrogen-bond donors (Lipinski definition) is 1. The van der Waals surface area contributed by atoms with Gasteiger partial charge in [-0.15, -0.1) is 0 Å². The van der Waals surface area contributed by atoms with Crippen molar-refractivity contribution in [2.24, 2.45) is 0 Å². The lowest BCUT2D eigenvalue weighted by atomic mass is 9.84. The molecule has 0 aliphatic heterocycles. The van der Waals surface area contributed by atoms with Crippen molar-refractivity contribution in [3.63, 3.8) is 0 Å². The highest BCUT2D eigenvalue weighted by molar-refractivity contribution is 7.92. The number of benzene rings is 2. The van der Waals surface area contributed by atoms with Crippen molar-refractivity contribution in [2.45, 2.75) is 29.6 Å². The van der Waals surface area contributed by atoms with Crippen LogP contribution in [0.15, 0.2) is 60.7 Å². The van der Waals surface area contributed by atoms with Crippen LogP contribution in [0.5, 0.6) is 0 Å². The Morgan fingerprint density at radius 3 is 1.64 bits per heavy atom. The zero-order chi connectivity index (χ0) is 15.8. The van der Waals surface area contributed by atoms with Crippen LogP contribution in [-0.2, 0) is 9.84 Å². The number of rotatable bonds is 5. The van der Waals surface area contributed by atoms with E-state index in [4.69, 9.17) is 0 Å². The monoisotopic (exact) mass is 316 g/mol. The first-order valence-electron chi connectivity index (χ1n) is 7.43. The van der Waals surface area contributed by atoms with Crippen LogP contribution >= 0.6 is 0 Å². The van der Waals surface area contributed by atoms with E-state index in [1.165, 1.54) is 6.26 Å². The molecule has 1 aliphatic carbocycles. The van der Waals surface area contributed by atoms with E-state index in [9.17, 15) is 13.5 Å². The van der Waals surface area contributed by atoms with Gasteiger partial charge in [0.1, 0.15) is 0 Å². The third kappa shape index (κ3) is 2.57. The minimum atomic E-state index is -3.30. The maximum atomic E-state index is 12.2. The molecule has 4 heteroatoms. The van der Waals surface area contributed by atoms with Gasteiger partial charge in [0.2, 0.25) is 0 Å². The Morgan fingerprint density at radius 1 is 0.909 bits per heavy atom. The summed E-state index contributed by atoms with van der Waals surface area (Å²) in [5.41, 5.74) is 1.88. The van der Waals surface area contributed by atoms with Crippen LogP contribution in [0, 0.1) is 0 Å². The Morgan fingerprint density at radius 2 is 1.32 bits per heavy atom. The largest absolute Gasteiger partial charge is 0.390 e. The maximum Gasteiger partial charge on any atom is 0.155 e. The van der Waals surface area contributed by atoms with Gasteiger partial charge in [0.15, 0.2) is 9.84 Å². The molecule has 3 rings (SSSR count).